The van der Waals surface area contributed by atoms with Crippen molar-refractivity contribution in [2.24, 2.45) is 11.8 Å². The molecule has 2 aromatic rings. The number of fused-ring (bicyclic) bond motifs is 1. The molecule has 2 saturated heterocycles. The van der Waals surface area contributed by atoms with Crippen LogP contribution in [-0.2, 0) is 9.59 Å². The molecule has 2 amide bonds. The van der Waals surface area contributed by atoms with E-state index in [1.54, 1.807) is 19.1 Å². The largest absolute Gasteiger partial charge is 0.338 e. The Balaban J connectivity index is 1.52. The van der Waals surface area contributed by atoms with Gasteiger partial charge in [-0.05, 0) is 29.3 Å². The Morgan fingerprint density at radius 3 is 2.54 bits per heavy atom. The number of hydrogen-bond acceptors (Lipinski definition) is 2. The molecule has 0 aromatic heterocycles. The maximum Gasteiger partial charge on any atom is 0.246 e. The lowest BCUT2D eigenvalue weighted by Crippen LogP contribution is -2.36. The number of carbonyl (C=O) groups excluding carboxylic acids is 2. The number of nitrogens with zero attached hydrogens (tertiary/aromatic N) is 2. The summed E-state index contributed by atoms with van der Waals surface area (Å²) in [5, 5.41) is 0. The molecule has 2 aliphatic rings. The zero-order valence-corrected chi connectivity index (χ0v) is 15.8. The van der Waals surface area contributed by atoms with Gasteiger partial charge in [0.1, 0.15) is 5.82 Å². The lowest BCUT2D eigenvalue weighted by Gasteiger charge is -2.29. The van der Waals surface area contributed by atoms with Crippen molar-refractivity contribution < 1.29 is 14.0 Å². The van der Waals surface area contributed by atoms with Crippen molar-refractivity contribution in [1.29, 1.82) is 0 Å². The average molecular weight is 378 g/mol. The highest BCUT2D eigenvalue weighted by Crippen LogP contribution is 2.45. The molecule has 4 nitrogen and oxygen atoms in total. The van der Waals surface area contributed by atoms with Crippen LogP contribution >= 0.6 is 0 Å². The molecule has 0 radical (unpaired) electrons. The third-order valence-electron chi connectivity index (χ3n) is 5.79. The summed E-state index contributed by atoms with van der Waals surface area (Å²) in [6, 6.07) is 16.0. The second kappa shape index (κ2) is 7.58. The third kappa shape index (κ3) is 3.57. The van der Waals surface area contributed by atoms with Crippen LogP contribution in [0.1, 0.15) is 24.1 Å². The molecule has 2 fully saturated rings. The van der Waals surface area contributed by atoms with Crippen molar-refractivity contribution in [3.63, 3.8) is 0 Å². The fourth-order valence-corrected chi connectivity index (χ4v) is 4.50. The standard InChI is InChI=1S/C23H23FN2O2/c1-16(27)26-14-19-13-25(22(28)11-10-17-6-3-2-4-7-17)15-21(19)23(26)18-8-5-9-20(24)12-18/h2-12,19,21,23H,13-15H2,1H3/b11-10+/t19-,21-,23+/m1/s1. The molecule has 4 rings (SSSR count). The Hall–Kier alpha value is -2.95. The minimum atomic E-state index is -0.304. The van der Waals surface area contributed by atoms with Gasteiger partial charge < -0.3 is 9.80 Å². The average Bonchev–Trinajstić information content (AvgIpc) is 3.25. The van der Waals surface area contributed by atoms with Crippen LogP contribution in [0.15, 0.2) is 60.7 Å². The van der Waals surface area contributed by atoms with Gasteiger partial charge in [0.05, 0.1) is 6.04 Å². The van der Waals surface area contributed by atoms with Crippen molar-refractivity contribution in [2.75, 3.05) is 19.6 Å². The Bertz CT molecular complexity index is 912. The fraction of sp³-hybridized carbons (Fsp3) is 0.304. The van der Waals surface area contributed by atoms with E-state index >= 15 is 0 Å². The molecule has 0 unspecified atom stereocenters. The summed E-state index contributed by atoms with van der Waals surface area (Å²) < 4.78 is 13.8. The van der Waals surface area contributed by atoms with Crippen molar-refractivity contribution in [1.82, 2.24) is 9.80 Å². The molecule has 0 spiro atoms. The third-order valence-corrected chi connectivity index (χ3v) is 5.79. The number of halogens is 1. The fourth-order valence-electron chi connectivity index (χ4n) is 4.50. The van der Waals surface area contributed by atoms with E-state index in [4.69, 9.17) is 0 Å². The van der Waals surface area contributed by atoms with Gasteiger partial charge in [0.2, 0.25) is 11.8 Å². The van der Waals surface area contributed by atoms with Crippen molar-refractivity contribution in [2.45, 2.75) is 13.0 Å². The molecule has 0 aliphatic carbocycles. The van der Waals surface area contributed by atoms with E-state index < -0.39 is 0 Å². The van der Waals surface area contributed by atoms with E-state index in [1.165, 1.54) is 12.1 Å². The van der Waals surface area contributed by atoms with Crippen LogP contribution in [0.5, 0.6) is 0 Å². The Morgan fingerprint density at radius 1 is 1.04 bits per heavy atom. The summed E-state index contributed by atoms with van der Waals surface area (Å²) in [6.45, 7) is 3.36. The quantitative estimate of drug-likeness (QED) is 0.767. The molecule has 0 bridgehead atoms. The summed E-state index contributed by atoms with van der Waals surface area (Å²) in [7, 11) is 0. The SMILES string of the molecule is CC(=O)N1C[C@H]2CN(C(=O)/C=C/c3ccccc3)C[C@H]2[C@@H]1c1cccc(F)c1. The summed E-state index contributed by atoms with van der Waals surface area (Å²) >= 11 is 0. The van der Waals surface area contributed by atoms with Crippen LogP contribution in [0.4, 0.5) is 4.39 Å². The van der Waals surface area contributed by atoms with Gasteiger partial charge in [-0.3, -0.25) is 9.59 Å². The van der Waals surface area contributed by atoms with E-state index in [1.807, 2.05) is 52.3 Å². The maximum atomic E-state index is 13.8. The van der Waals surface area contributed by atoms with Crippen LogP contribution in [0.2, 0.25) is 0 Å². The molecule has 2 aliphatic heterocycles. The minimum absolute atomic E-state index is 0.00879. The van der Waals surface area contributed by atoms with Crippen molar-refractivity contribution in [3.05, 3.63) is 77.6 Å². The first-order chi connectivity index (χ1) is 13.5. The topological polar surface area (TPSA) is 40.6 Å². The highest BCUT2D eigenvalue weighted by Gasteiger charge is 2.49. The van der Waals surface area contributed by atoms with Crippen LogP contribution < -0.4 is 0 Å². The normalized spacial score (nSPS) is 24.0. The molecular formula is C23H23FN2O2. The number of amides is 2. The Kier molecular flexibility index (Phi) is 4.99. The van der Waals surface area contributed by atoms with Crippen molar-refractivity contribution in [3.8, 4) is 0 Å². The Morgan fingerprint density at radius 2 is 1.82 bits per heavy atom. The highest BCUT2D eigenvalue weighted by atomic mass is 19.1. The van der Waals surface area contributed by atoms with E-state index in [0.29, 0.717) is 19.6 Å². The molecule has 2 heterocycles. The minimum Gasteiger partial charge on any atom is -0.338 e. The lowest BCUT2D eigenvalue weighted by atomic mass is 9.89. The number of likely N-dealkylation sites (tertiary alicyclic amines) is 2. The Labute approximate surface area is 164 Å². The molecule has 2 aromatic carbocycles. The molecule has 144 valence electrons. The van der Waals surface area contributed by atoms with Gasteiger partial charge in [0.25, 0.3) is 0 Å². The van der Waals surface area contributed by atoms with Gasteiger partial charge in [0, 0.05) is 44.5 Å². The van der Waals surface area contributed by atoms with Crippen molar-refractivity contribution >= 4 is 17.9 Å². The molecule has 3 atom stereocenters. The van der Waals surface area contributed by atoms with Gasteiger partial charge >= 0.3 is 0 Å². The summed E-state index contributed by atoms with van der Waals surface area (Å²) in [4.78, 5) is 28.5. The van der Waals surface area contributed by atoms with E-state index in [2.05, 4.69) is 0 Å². The second-order valence-electron chi connectivity index (χ2n) is 7.58. The van der Waals surface area contributed by atoms with Gasteiger partial charge in [-0.15, -0.1) is 0 Å². The summed E-state index contributed by atoms with van der Waals surface area (Å²) in [6.07, 6.45) is 3.43. The summed E-state index contributed by atoms with van der Waals surface area (Å²) in [5.74, 6) is 0.00308. The zero-order chi connectivity index (χ0) is 19.7. The predicted octanol–water partition coefficient (Wildman–Crippen LogP) is 3.52. The molecule has 28 heavy (non-hydrogen) atoms. The van der Waals surface area contributed by atoms with Crippen LogP contribution in [0.25, 0.3) is 6.08 Å². The molecule has 5 heteroatoms. The highest BCUT2D eigenvalue weighted by molar-refractivity contribution is 5.92. The first kappa shape index (κ1) is 18.4. The van der Waals surface area contributed by atoms with Crippen LogP contribution in [-0.4, -0.2) is 41.2 Å². The predicted molar refractivity (Wildman–Crippen MR) is 106 cm³/mol. The molecular weight excluding hydrogens is 355 g/mol. The number of rotatable bonds is 3. The smallest absolute Gasteiger partial charge is 0.246 e. The first-order valence-corrected chi connectivity index (χ1v) is 9.57. The van der Waals surface area contributed by atoms with Gasteiger partial charge in [-0.2, -0.15) is 0 Å². The maximum absolute atomic E-state index is 13.8. The molecule has 0 N–H and O–H groups in total. The van der Waals surface area contributed by atoms with E-state index in [-0.39, 0.29) is 35.5 Å². The van der Waals surface area contributed by atoms with Gasteiger partial charge in [0.15, 0.2) is 0 Å². The van der Waals surface area contributed by atoms with E-state index in [0.717, 1.165) is 11.1 Å². The number of benzene rings is 2. The zero-order valence-electron chi connectivity index (χ0n) is 15.8. The monoisotopic (exact) mass is 378 g/mol. The summed E-state index contributed by atoms with van der Waals surface area (Å²) in [5.41, 5.74) is 1.78. The first-order valence-electron chi connectivity index (χ1n) is 9.57. The second-order valence-corrected chi connectivity index (χ2v) is 7.58. The molecule has 0 saturated carbocycles. The number of hydrogen-bond donors (Lipinski definition) is 0. The van der Waals surface area contributed by atoms with Crippen LogP contribution in [0, 0.1) is 17.7 Å². The van der Waals surface area contributed by atoms with Gasteiger partial charge in [-0.1, -0.05) is 42.5 Å². The van der Waals surface area contributed by atoms with Gasteiger partial charge in [-0.25, -0.2) is 4.39 Å². The van der Waals surface area contributed by atoms with E-state index in [9.17, 15) is 14.0 Å². The lowest BCUT2D eigenvalue weighted by molar-refractivity contribution is -0.130. The number of carbonyl (C=O) groups is 2. The van der Waals surface area contributed by atoms with Crippen LogP contribution in [0.3, 0.4) is 0 Å².